The van der Waals surface area contributed by atoms with Crippen molar-refractivity contribution in [2.45, 2.75) is 6.42 Å². The fourth-order valence-electron chi connectivity index (χ4n) is 3.00. The molecule has 6 nitrogen and oxygen atoms in total. The van der Waals surface area contributed by atoms with Gasteiger partial charge >= 0.3 is 5.97 Å². The number of carbonyl (C=O) groups is 2. The maximum atomic E-state index is 12.1. The molecule has 1 amide bonds. The van der Waals surface area contributed by atoms with Crippen molar-refractivity contribution >= 4 is 17.7 Å². The van der Waals surface area contributed by atoms with E-state index in [0.717, 1.165) is 6.42 Å². The first-order valence-corrected chi connectivity index (χ1v) is 5.79. The van der Waals surface area contributed by atoms with E-state index in [1.807, 2.05) is 12.2 Å². The number of rotatable bonds is 3. The lowest BCUT2D eigenvalue weighted by Crippen LogP contribution is -2.36. The summed E-state index contributed by atoms with van der Waals surface area (Å²) in [5, 5.41) is 15.4. The first kappa shape index (κ1) is 11.0. The molecule has 1 saturated carbocycles. The molecular weight excluding hydrogens is 236 g/mol. The van der Waals surface area contributed by atoms with Gasteiger partial charge in [-0.25, -0.2) is 0 Å². The van der Waals surface area contributed by atoms with Crippen LogP contribution in [0.15, 0.2) is 29.0 Å². The van der Waals surface area contributed by atoms with E-state index in [0.29, 0.717) is 5.82 Å². The molecule has 6 heteroatoms. The standard InChI is InChI=1S/C12H12N2O4/c15-11(13-8-3-4-18-14-8)9-6-1-2-7(5-6)10(9)12(16)17/h1-4,6-7,9-10H,5H2,(H,16,17)(H,13,14,15)/t6-,7+,9-,10-/m0/s1. The van der Waals surface area contributed by atoms with Gasteiger partial charge in [-0.2, -0.15) is 0 Å². The average molecular weight is 248 g/mol. The number of amides is 1. The average Bonchev–Trinajstić information content (AvgIpc) is 3.03. The second-order valence-corrected chi connectivity index (χ2v) is 4.71. The number of carboxylic acid groups (broad SMARTS) is 1. The summed E-state index contributed by atoms with van der Waals surface area (Å²) in [5.74, 6) is -2.05. The number of carboxylic acids is 1. The second kappa shape index (κ2) is 3.97. The first-order chi connectivity index (χ1) is 8.66. The SMILES string of the molecule is O=C(O)[C@@H]1[C@@H](C(=O)Nc2ccon2)[C@H]2C=C[C@@H]1C2. The van der Waals surface area contributed by atoms with E-state index in [4.69, 9.17) is 0 Å². The first-order valence-electron chi connectivity index (χ1n) is 5.79. The van der Waals surface area contributed by atoms with Crippen LogP contribution in [0.25, 0.3) is 0 Å². The molecule has 1 heterocycles. The highest BCUT2D eigenvalue weighted by molar-refractivity contribution is 5.95. The zero-order chi connectivity index (χ0) is 12.7. The molecule has 2 N–H and O–H groups in total. The third kappa shape index (κ3) is 1.61. The minimum atomic E-state index is -0.910. The summed E-state index contributed by atoms with van der Waals surface area (Å²) in [7, 11) is 0. The molecule has 1 fully saturated rings. The smallest absolute Gasteiger partial charge is 0.307 e. The summed E-state index contributed by atoms with van der Waals surface area (Å²) in [5.41, 5.74) is 0. The molecule has 0 spiro atoms. The zero-order valence-corrected chi connectivity index (χ0v) is 9.45. The number of anilines is 1. The second-order valence-electron chi connectivity index (χ2n) is 4.71. The van der Waals surface area contributed by atoms with Gasteiger partial charge in [-0.05, 0) is 18.3 Å². The Kier molecular flexibility index (Phi) is 2.43. The van der Waals surface area contributed by atoms with Crippen molar-refractivity contribution in [1.82, 2.24) is 5.16 Å². The molecule has 1 aromatic rings. The molecule has 2 aliphatic carbocycles. The predicted octanol–water partition coefficient (Wildman–Crippen LogP) is 1.14. The predicted molar refractivity (Wildman–Crippen MR) is 60.5 cm³/mol. The highest BCUT2D eigenvalue weighted by Gasteiger charge is 2.51. The van der Waals surface area contributed by atoms with Gasteiger partial charge in [0.2, 0.25) is 5.91 Å². The maximum absolute atomic E-state index is 12.1. The molecule has 94 valence electrons. The fourth-order valence-corrected chi connectivity index (χ4v) is 3.00. The van der Waals surface area contributed by atoms with Crippen molar-refractivity contribution in [2.75, 3.05) is 5.32 Å². The van der Waals surface area contributed by atoms with E-state index in [1.165, 1.54) is 12.3 Å². The van der Waals surface area contributed by atoms with Gasteiger partial charge in [0.25, 0.3) is 0 Å². The highest BCUT2D eigenvalue weighted by Crippen LogP contribution is 2.48. The quantitative estimate of drug-likeness (QED) is 0.782. The van der Waals surface area contributed by atoms with Crippen molar-refractivity contribution in [3.8, 4) is 0 Å². The summed E-state index contributed by atoms with van der Waals surface area (Å²) < 4.78 is 4.62. The van der Waals surface area contributed by atoms with Crippen LogP contribution in [-0.2, 0) is 9.59 Å². The number of carbonyl (C=O) groups excluding carboxylic acids is 1. The molecule has 0 saturated heterocycles. The Morgan fingerprint density at radius 1 is 1.33 bits per heavy atom. The third-order valence-corrected chi connectivity index (χ3v) is 3.74. The number of nitrogens with one attached hydrogen (secondary N) is 1. The van der Waals surface area contributed by atoms with Gasteiger partial charge in [0.1, 0.15) is 6.26 Å². The lowest BCUT2D eigenvalue weighted by molar-refractivity contribution is -0.146. The third-order valence-electron chi connectivity index (χ3n) is 3.74. The Hall–Kier alpha value is -2.11. The molecule has 0 aliphatic heterocycles. The van der Waals surface area contributed by atoms with Crippen LogP contribution in [0.3, 0.4) is 0 Å². The van der Waals surface area contributed by atoms with E-state index in [1.54, 1.807) is 0 Å². The highest BCUT2D eigenvalue weighted by atomic mass is 16.5. The molecule has 3 rings (SSSR count). The van der Waals surface area contributed by atoms with E-state index < -0.39 is 17.8 Å². The summed E-state index contributed by atoms with van der Waals surface area (Å²) >= 11 is 0. The van der Waals surface area contributed by atoms with E-state index in [9.17, 15) is 14.7 Å². The van der Waals surface area contributed by atoms with Gasteiger partial charge in [0.05, 0.1) is 11.8 Å². The molecule has 0 radical (unpaired) electrons. The number of aromatic nitrogens is 1. The topological polar surface area (TPSA) is 92.4 Å². The van der Waals surface area contributed by atoms with E-state index in [2.05, 4.69) is 15.0 Å². The Balaban J connectivity index is 1.80. The molecule has 2 bridgehead atoms. The summed E-state index contributed by atoms with van der Waals surface area (Å²) in [6.45, 7) is 0. The number of fused-ring (bicyclic) bond motifs is 2. The Bertz CT molecular complexity index is 508. The van der Waals surface area contributed by atoms with Gasteiger partial charge in [-0.3, -0.25) is 9.59 Å². The van der Waals surface area contributed by atoms with Crippen LogP contribution in [0.2, 0.25) is 0 Å². The molecule has 0 aromatic carbocycles. The van der Waals surface area contributed by atoms with Crippen LogP contribution in [-0.4, -0.2) is 22.1 Å². The molecule has 0 unspecified atom stereocenters. The van der Waals surface area contributed by atoms with Gasteiger partial charge in [0, 0.05) is 6.07 Å². The normalized spacial score (nSPS) is 32.7. The maximum Gasteiger partial charge on any atom is 0.307 e. The Labute approximate surface area is 103 Å². The Morgan fingerprint density at radius 3 is 2.67 bits per heavy atom. The van der Waals surface area contributed by atoms with Crippen LogP contribution in [0.4, 0.5) is 5.82 Å². The van der Waals surface area contributed by atoms with Gasteiger partial charge in [-0.1, -0.05) is 17.3 Å². The van der Waals surface area contributed by atoms with E-state index in [-0.39, 0.29) is 17.7 Å². The number of aliphatic carboxylic acids is 1. The number of hydrogen-bond acceptors (Lipinski definition) is 4. The van der Waals surface area contributed by atoms with Crippen molar-refractivity contribution in [2.24, 2.45) is 23.7 Å². The summed E-state index contributed by atoms with van der Waals surface area (Å²) in [6.07, 6.45) is 5.94. The van der Waals surface area contributed by atoms with Crippen LogP contribution in [0.1, 0.15) is 6.42 Å². The molecule has 2 aliphatic rings. The summed E-state index contributed by atoms with van der Waals surface area (Å²) in [4.78, 5) is 23.4. The van der Waals surface area contributed by atoms with Crippen LogP contribution >= 0.6 is 0 Å². The minimum Gasteiger partial charge on any atom is -0.481 e. The number of allylic oxidation sites excluding steroid dienone is 2. The minimum absolute atomic E-state index is 0.0167. The molecule has 1 aromatic heterocycles. The fraction of sp³-hybridized carbons (Fsp3) is 0.417. The number of hydrogen-bond donors (Lipinski definition) is 2. The lowest BCUT2D eigenvalue weighted by Gasteiger charge is -2.23. The van der Waals surface area contributed by atoms with Crippen LogP contribution < -0.4 is 5.32 Å². The molecular formula is C12H12N2O4. The van der Waals surface area contributed by atoms with Gasteiger partial charge < -0.3 is 14.9 Å². The monoisotopic (exact) mass is 248 g/mol. The molecule has 18 heavy (non-hydrogen) atoms. The number of nitrogens with zero attached hydrogens (tertiary/aromatic N) is 1. The Morgan fingerprint density at radius 2 is 2.06 bits per heavy atom. The largest absolute Gasteiger partial charge is 0.481 e. The molecule has 4 atom stereocenters. The zero-order valence-electron chi connectivity index (χ0n) is 9.45. The van der Waals surface area contributed by atoms with Crippen molar-refractivity contribution in [3.05, 3.63) is 24.5 Å². The van der Waals surface area contributed by atoms with Crippen molar-refractivity contribution in [1.29, 1.82) is 0 Å². The van der Waals surface area contributed by atoms with Crippen molar-refractivity contribution in [3.63, 3.8) is 0 Å². The van der Waals surface area contributed by atoms with Crippen LogP contribution in [0.5, 0.6) is 0 Å². The van der Waals surface area contributed by atoms with Crippen LogP contribution in [0, 0.1) is 23.7 Å². The van der Waals surface area contributed by atoms with E-state index >= 15 is 0 Å². The van der Waals surface area contributed by atoms with Crippen molar-refractivity contribution < 1.29 is 19.2 Å². The van der Waals surface area contributed by atoms with Gasteiger partial charge in [0.15, 0.2) is 5.82 Å². The van der Waals surface area contributed by atoms with Gasteiger partial charge in [-0.15, -0.1) is 0 Å². The lowest BCUT2D eigenvalue weighted by atomic mass is 9.82. The summed E-state index contributed by atoms with van der Waals surface area (Å²) in [6, 6.07) is 1.52.